The van der Waals surface area contributed by atoms with E-state index in [9.17, 15) is 13.2 Å². The molecule has 6 nitrogen and oxygen atoms in total. The molecule has 2 fully saturated rings. The first kappa shape index (κ1) is 16.9. The van der Waals surface area contributed by atoms with Gasteiger partial charge in [-0.3, -0.25) is 4.79 Å². The largest absolute Gasteiger partial charge is 0.375 e. The molecule has 0 radical (unpaired) electrons. The van der Waals surface area contributed by atoms with Crippen molar-refractivity contribution in [3.05, 3.63) is 28.7 Å². The zero-order chi connectivity index (χ0) is 16.6. The monoisotopic (exact) mass is 418 g/mol. The molecule has 0 aromatic heterocycles. The SMILES string of the molecule is COCC(=O)N=C1S[C@H]2CS(=O)(=O)C[C@H]2N1c1cccc(Br)c1. The second-order valence-electron chi connectivity index (χ2n) is 5.37. The first-order chi connectivity index (χ1) is 10.9. The van der Waals surface area contributed by atoms with Crippen LogP contribution in [0.15, 0.2) is 33.7 Å². The molecular formula is C14H15BrN2O4S2. The molecular weight excluding hydrogens is 404 g/mol. The van der Waals surface area contributed by atoms with Gasteiger partial charge in [0.1, 0.15) is 6.61 Å². The Bertz CT molecular complexity index is 766. The molecule has 2 saturated heterocycles. The smallest absolute Gasteiger partial charge is 0.274 e. The summed E-state index contributed by atoms with van der Waals surface area (Å²) in [5, 5.41) is 0.433. The number of rotatable bonds is 3. The Morgan fingerprint density at radius 3 is 2.96 bits per heavy atom. The van der Waals surface area contributed by atoms with Crippen molar-refractivity contribution >= 4 is 54.3 Å². The number of aliphatic imine (C=N–C) groups is 1. The molecule has 0 bridgehead atoms. The van der Waals surface area contributed by atoms with Crippen LogP contribution in [0.5, 0.6) is 0 Å². The Labute approximate surface area is 147 Å². The highest BCUT2D eigenvalue weighted by Gasteiger charge is 2.49. The number of anilines is 1. The standard InChI is InChI=1S/C14H15BrN2O4S2/c1-21-6-13(18)16-14-17(10-4-2-3-9(15)5-10)11-7-23(19,20)8-12(11)22-14/h2-5,11-12H,6-8H2,1H3/t11-,12+/m1/s1. The van der Waals surface area contributed by atoms with Crippen molar-refractivity contribution in [1.29, 1.82) is 0 Å². The van der Waals surface area contributed by atoms with Gasteiger partial charge in [0.05, 0.1) is 17.5 Å². The van der Waals surface area contributed by atoms with Gasteiger partial charge in [-0.2, -0.15) is 4.99 Å². The lowest BCUT2D eigenvalue weighted by Crippen LogP contribution is -2.37. The van der Waals surface area contributed by atoms with Gasteiger partial charge < -0.3 is 9.64 Å². The van der Waals surface area contributed by atoms with E-state index in [2.05, 4.69) is 20.9 Å². The van der Waals surface area contributed by atoms with E-state index in [1.54, 1.807) is 0 Å². The van der Waals surface area contributed by atoms with Crippen molar-refractivity contribution in [1.82, 2.24) is 0 Å². The number of carbonyl (C=O) groups excluding carboxylic acids is 1. The van der Waals surface area contributed by atoms with Crippen LogP contribution in [0, 0.1) is 0 Å². The maximum atomic E-state index is 11.9. The summed E-state index contributed by atoms with van der Waals surface area (Å²) in [6.07, 6.45) is 0. The Morgan fingerprint density at radius 1 is 1.48 bits per heavy atom. The molecule has 0 unspecified atom stereocenters. The molecule has 0 N–H and O–H groups in total. The summed E-state index contributed by atoms with van der Waals surface area (Å²) in [4.78, 5) is 17.8. The van der Waals surface area contributed by atoms with Crippen molar-refractivity contribution in [3.8, 4) is 0 Å². The number of fused-ring (bicyclic) bond motifs is 1. The maximum absolute atomic E-state index is 11.9. The van der Waals surface area contributed by atoms with Crippen LogP contribution in [0.2, 0.25) is 0 Å². The minimum absolute atomic E-state index is 0.0780. The van der Waals surface area contributed by atoms with Gasteiger partial charge >= 0.3 is 0 Å². The molecule has 2 aliphatic rings. The molecule has 0 aliphatic carbocycles. The molecule has 1 amide bonds. The van der Waals surface area contributed by atoms with E-state index in [1.807, 2.05) is 29.2 Å². The van der Waals surface area contributed by atoms with Gasteiger partial charge in [-0.1, -0.05) is 33.8 Å². The van der Waals surface area contributed by atoms with Crippen molar-refractivity contribution in [2.75, 3.05) is 30.1 Å². The summed E-state index contributed by atoms with van der Waals surface area (Å²) < 4.78 is 29.6. The number of ether oxygens (including phenoxy) is 1. The van der Waals surface area contributed by atoms with Crippen LogP contribution in [0.3, 0.4) is 0 Å². The predicted molar refractivity (Wildman–Crippen MR) is 94.8 cm³/mol. The van der Waals surface area contributed by atoms with E-state index in [0.29, 0.717) is 5.17 Å². The van der Waals surface area contributed by atoms with Gasteiger partial charge in [-0.25, -0.2) is 8.42 Å². The van der Waals surface area contributed by atoms with Gasteiger partial charge in [0.15, 0.2) is 15.0 Å². The van der Waals surface area contributed by atoms with Crippen molar-refractivity contribution < 1.29 is 17.9 Å². The quantitative estimate of drug-likeness (QED) is 0.743. The first-order valence-corrected chi connectivity index (χ1v) is 10.4. The summed E-state index contributed by atoms with van der Waals surface area (Å²) in [5.74, 6) is -0.184. The van der Waals surface area contributed by atoms with E-state index >= 15 is 0 Å². The van der Waals surface area contributed by atoms with E-state index < -0.39 is 9.84 Å². The number of benzene rings is 1. The third-order valence-electron chi connectivity index (χ3n) is 3.64. The number of sulfone groups is 1. The summed E-state index contributed by atoms with van der Waals surface area (Å²) in [5.41, 5.74) is 0.820. The number of hydrogen-bond acceptors (Lipinski definition) is 5. The average molecular weight is 419 g/mol. The molecule has 0 saturated carbocycles. The fourth-order valence-corrected chi connectivity index (χ4v) is 7.07. The zero-order valence-electron chi connectivity index (χ0n) is 12.3. The molecule has 1 aromatic carbocycles. The molecule has 3 rings (SSSR count). The minimum atomic E-state index is -3.06. The number of carbonyl (C=O) groups is 1. The van der Waals surface area contributed by atoms with Gasteiger partial charge in [0, 0.05) is 22.5 Å². The van der Waals surface area contributed by atoms with Crippen molar-refractivity contribution in [2.45, 2.75) is 11.3 Å². The van der Waals surface area contributed by atoms with Crippen LogP contribution >= 0.6 is 27.7 Å². The topological polar surface area (TPSA) is 76.0 Å². The number of hydrogen-bond donors (Lipinski definition) is 0. The number of thioether (sulfide) groups is 1. The van der Waals surface area contributed by atoms with Gasteiger partial charge in [0.2, 0.25) is 0 Å². The van der Waals surface area contributed by atoms with E-state index in [1.165, 1.54) is 18.9 Å². The van der Waals surface area contributed by atoms with E-state index in [4.69, 9.17) is 4.74 Å². The predicted octanol–water partition coefficient (Wildman–Crippen LogP) is 1.70. The Balaban J connectivity index is 1.99. The Morgan fingerprint density at radius 2 is 2.26 bits per heavy atom. The van der Waals surface area contributed by atoms with E-state index in [-0.39, 0.29) is 35.3 Å². The second-order valence-corrected chi connectivity index (χ2v) is 9.65. The van der Waals surface area contributed by atoms with Crippen LogP contribution in [-0.4, -0.2) is 56.0 Å². The minimum Gasteiger partial charge on any atom is -0.375 e. The summed E-state index contributed by atoms with van der Waals surface area (Å²) in [7, 11) is -1.62. The molecule has 2 atom stereocenters. The molecule has 124 valence electrons. The summed E-state index contributed by atoms with van der Waals surface area (Å²) >= 11 is 4.77. The number of amidine groups is 1. The molecule has 2 aliphatic heterocycles. The lowest BCUT2D eigenvalue weighted by atomic mass is 10.2. The van der Waals surface area contributed by atoms with Crippen LogP contribution in [0.25, 0.3) is 0 Å². The summed E-state index contributed by atoms with van der Waals surface area (Å²) in [6.45, 7) is -0.0932. The van der Waals surface area contributed by atoms with E-state index in [0.717, 1.165) is 10.2 Å². The molecule has 23 heavy (non-hydrogen) atoms. The lowest BCUT2D eigenvalue weighted by molar-refractivity contribution is -0.121. The lowest BCUT2D eigenvalue weighted by Gasteiger charge is -2.24. The molecule has 9 heteroatoms. The zero-order valence-corrected chi connectivity index (χ0v) is 15.5. The number of nitrogens with zero attached hydrogens (tertiary/aromatic N) is 2. The van der Waals surface area contributed by atoms with Crippen LogP contribution in [-0.2, 0) is 19.4 Å². The fourth-order valence-electron chi connectivity index (χ4n) is 2.75. The highest BCUT2D eigenvalue weighted by molar-refractivity contribution is 9.10. The third kappa shape index (κ3) is 3.62. The molecule has 0 spiro atoms. The van der Waals surface area contributed by atoms with Crippen LogP contribution in [0.4, 0.5) is 5.69 Å². The van der Waals surface area contributed by atoms with Crippen LogP contribution < -0.4 is 4.90 Å². The normalized spacial score (nSPS) is 27.4. The van der Waals surface area contributed by atoms with Gasteiger partial charge in [-0.15, -0.1) is 0 Å². The average Bonchev–Trinajstić information content (AvgIpc) is 2.89. The number of amides is 1. The molecule has 1 aromatic rings. The molecule has 2 heterocycles. The third-order valence-corrected chi connectivity index (χ3v) is 7.34. The van der Waals surface area contributed by atoms with Gasteiger partial charge in [-0.05, 0) is 18.2 Å². The van der Waals surface area contributed by atoms with Crippen molar-refractivity contribution in [2.24, 2.45) is 4.99 Å². The Hall–Kier alpha value is -0.900. The van der Waals surface area contributed by atoms with Crippen LogP contribution in [0.1, 0.15) is 0 Å². The second kappa shape index (κ2) is 6.54. The maximum Gasteiger partial charge on any atom is 0.274 e. The van der Waals surface area contributed by atoms with Gasteiger partial charge in [0.25, 0.3) is 5.91 Å². The highest BCUT2D eigenvalue weighted by atomic mass is 79.9. The summed E-state index contributed by atoms with van der Waals surface area (Å²) in [6, 6.07) is 7.34. The fraction of sp³-hybridized carbons (Fsp3) is 0.429. The first-order valence-electron chi connectivity index (χ1n) is 6.92. The number of methoxy groups -OCH3 is 1. The highest BCUT2D eigenvalue weighted by Crippen LogP contribution is 2.41. The Kier molecular flexibility index (Phi) is 4.82. The number of halogens is 1. The van der Waals surface area contributed by atoms with Crippen molar-refractivity contribution in [3.63, 3.8) is 0 Å².